The maximum atomic E-state index is 12.3. The Morgan fingerprint density at radius 1 is 1.26 bits per heavy atom. The van der Waals surface area contributed by atoms with E-state index < -0.39 is 5.97 Å². The molecule has 1 heterocycles. The average molecular weight is 320 g/mol. The summed E-state index contributed by atoms with van der Waals surface area (Å²) in [7, 11) is 0. The lowest BCUT2D eigenvalue weighted by atomic mass is 9.86. The first-order chi connectivity index (χ1) is 10.8. The lowest BCUT2D eigenvalue weighted by Crippen LogP contribution is -2.39. The Hall–Kier alpha value is -2.11. The molecule has 1 aliphatic carbocycles. The molecular formula is C17H24N2O4. The molecule has 3 N–H and O–H groups in total. The van der Waals surface area contributed by atoms with Gasteiger partial charge in [-0.25, -0.2) is 0 Å². The third-order valence-corrected chi connectivity index (χ3v) is 4.20. The first kappa shape index (κ1) is 17.2. The van der Waals surface area contributed by atoms with E-state index in [9.17, 15) is 14.4 Å². The van der Waals surface area contributed by atoms with Crippen LogP contribution in [0.2, 0.25) is 0 Å². The first-order valence-corrected chi connectivity index (χ1v) is 8.12. The monoisotopic (exact) mass is 320 g/mol. The van der Waals surface area contributed by atoms with Crippen molar-refractivity contribution in [2.75, 3.05) is 0 Å². The summed E-state index contributed by atoms with van der Waals surface area (Å²) in [4.78, 5) is 37.7. The van der Waals surface area contributed by atoms with Gasteiger partial charge in [-0.1, -0.05) is 13.8 Å². The number of aromatic amines is 1. The number of hydrogen-bond donors (Lipinski definition) is 3. The molecular weight excluding hydrogens is 296 g/mol. The molecule has 1 amide bonds. The van der Waals surface area contributed by atoms with Crippen molar-refractivity contribution in [1.29, 1.82) is 0 Å². The van der Waals surface area contributed by atoms with Gasteiger partial charge in [0.15, 0.2) is 0 Å². The van der Waals surface area contributed by atoms with Crippen molar-refractivity contribution in [3.63, 3.8) is 0 Å². The number of carboxylic acid groups (broad SMARTS) is 1. The van der Waals surface area contributed by atoms with Crippen LogP contribution in [0.5, 0.6) is 0 Å². The molecule has 0 radical (unpaired) electrons. The van der Waals surface area contributed by atoms with E-state index >= 15 is 0 Å². The van der Waals surface area contributed by atoms with Gasteiger partial charge in [-0.2, -0.15) is 0 Å². The molecule has 2 rings (SSSR count). The summed E-state index contributed by atoms with van der Waals surface area (Å²) >= 11 is 0. The quantitative estimate of drug-likeness (QED) is 0.772. The summed E-state index contributed by atoms with van der Waals surface area (Å²) in [5, 5.41) is 11.9. The van der Waals surface area contributed by atoms with Crippen LogP contribution in [0.4, 0.5) is 0 Å². The second kappa shape index (κ2) is 7.44. The van der Waals surface area contributed by atoms with Gasteiger partial charge in [-0.05, 0) is 44.1 Å². The van der Waals surface area contributed by atoms with E-state index in [0.717, 1.165) is 5.69 Å². The fourth-order valence-electron chi connectivity index (χ4n) is 3.04. The third kappa shape index (κ3) is 4.94. The number of carboxylic acids is 1. The molecule has 1 fully saturated rings. The highest BCUT2D eigenvalue weighted by Gasteiger charge is 2.27. The number of carbonyl (C=O) groups is 2. The summed E-state index contributed by atoms with van der Waals surface area (Å²) in [6.45, 7) is 4.10. The Morgan fingerprint density at radius 2 is 1.91 bits per heavy atom. The number of amides is 1. The zero-order valence-corrected chi connectivity index (χ0v) is 13.6. The molecule has 1 aliphatic rings. The van der Waals surface area contributed by atoms with Crippen LogP contribution in [0.1, 0.15) is 55.6 Å². The SMILES string of the molecule is CC(C)Cc1cc(C(=O)NC2CCC(C(=O)O)CC2)cc(=O)[nH]1. The van der Waals surface area contributed by atoms with Crippen LogP contribution in [0.15, 0.2) is 16.9 Å². The highest BCUT2D eigenvalue weighted by Crippen LogP contribution is 2.24. The second-order valence-corrected chi connectivity index (χ2v) is 6.72. The molecule has 0 spiro atoms. The van der Waals surface area contributed by atoms with Gasteiger partial charge in [0.2, 0.25) is 5.56 Å². The minimum absolute atomic E-state index is 0.0223. The van der Waals surface area contributed by atoms with Crippen molar-refractivity contribution in [1.82, 2.24) is 10.3 Å². The normalized spacial score (nSPS) is 21.2. The Kier molecular flexibility index (Phi) is 5.58. The Labute approximate surface area is 135 Å². The zero-order valence-electron chi connectivity index (χ0n) is 13.6. The Morgan fingerprint density at radius 3 is 2.48 bits per heavy atom. The van der Waals surface area contributed by atoms with E-state index in [0.29, 0.717) is 43.6 Å². The fourth-order valence-corrected chi connectivity index (χ4v) is 3.04. The molecule has 126 valence electrons. The molecule has 0 unspecified atom stereocenters. The summed E-state index contributed by atoms with van der Waals surface area (Å²) in [5.74, 6) is -0.946. The molecule has 1 aromatic heterocycles. The molecule has 1 saturated carbocycles. The molecule has 6 heteroatoms. The predicted octanol–water partition coefficient (Wildman–Crippen LogP) is 1.95. The maximum Gasteiger partial charge on any atom is 0.306 e. The summed E-state index contributed by atoms with van der Waals surface area (Å²) in [6.07, 6.45) is 3.18. The number of aromatic nitrogens is 1. The topological polar surface area (TPSA) is 99.3 Å². The lowest BCUT2D eigenvalue weighted by molar-refractivity contribution is -0.142. The van der Waals surface area contributed by atoms with Crippen LogP contribution in [0.25, 0.3) is 0 Å². The van der Waals surface area contributed by atoms with Gasteiger partial charge < -0.3 is 15.4 Å². The van der Waals surface area contributed by atoms with Crippen molar-refractivity contribution >= 4 is 11.9 Å². The first-order valence-electron chi connectivity index (χ1n) is 8.12. The predicted molar refractivity (Wildman–Crippen MR) is 86.5 cm³/mol. The number of pyridine rings is 1. The van der Waals surface area contributed by atoms with E-state index in [1.54, 1.807) is 6.07 Å². The minimum atomic E-state index is -0.761. The second-order valence-electron chi connectivity index (χ2n) is 6.72. The van der Waals surface area contributed by atoms with Crippen LogP contribution >= 0.6 is 0 Å². The van der Waals surface area contributed by atoms with Crippen molar-refractivity contribution in [2.45, 2.75) is 52.0 Å². The van der Waals surface area contributed by atoms with E-state index in [4.69, 9.17) is 5.11 Å². The highest BCUT2D eigenvalue weighted by atomic mass is 16.4. The number of aliphatic carboxylic acids is 1. The van der Waals surface area contributed by atoms with E-state index in [2.05, 4.69) is 10.3 Å². The maximum absolute atomic E-state index is 12.3. The Bertz CT molecular complexity index is 628. The average Bonchev–Trinajstić information content (AvgIpc) is 2.46. The standard InChI is InChI=1S/C17H24N2O4/c1-10(2)7-14-8-12(9-15(20)18-14)16(21)19-13-5-3-11(4-6-13)17(22)23/h8-11,13H,3-7H2,1-2H3,(H,18,20)(H,19,21)(H,22,23). The van der Waals surface area contributed by atoms with Gasteiger partial charge in [-0.3, -0.25) is 14.4 Å². The van der Waals surface area contributed by atoms with Crippen LogP contribution in [0.3, 0.4) is 0 Å². The number of H-pyrrole nitrogens is 1. The third-order valence-electron chi connectivity index (χ3n) is 4.20. The van der Waals surface area contributed by atoms with Gasteiger partial charge in [0.1, 0.15) is 0 Å². The van der Waals surface area contributed by atoms with Gasteiger partial charge in [0.25, 0.3) is 5.91 Å². The van der Waals surface area contributed by atoms with Crippen LogP contribution in [0, 0.1) is 11.8 Å². The fraction of sp³-hybridized carbons (Fsp3) is 0.588. The molecule has 1 aromatic rings. The molecule has 23 heavy (non-hydrogen) atoms. The van der Waals surface area contributed by atoms with Crippen molar-refractivity contribution in [3.05, 3.63) is 33.7 Å². The van der Waals surface area contributed by atoms with Gasteiger partial charge in [-0.15, -0.1) is 0 Å². The molecule has 0 atom stereocenters. The van der Waals surface area contributed by atoms with Crippen LogP contribution in [-0.4, -0.2) is 28.0 Å². The van der Waals surface area contributed by atoms with Crippen LogP contribution in [-0.2, 0) is 11.2 Å². The number of rotatable bonds is 5. The van der Waals surface area contributed by atoms with Crippen molar-refractivity contribution in [3.8, 4) is 0 Å². The number of hydrogen-bond acceptors (Lipinski definition) is 3. The van der Waals surface area contributed by atoms with Crippen LogP contribution < -0.4 is 10.9 Å². The molecule has 0 saturated heterocycles. The van der Waals surface area contributed by atoms with Crippen molar-refractivity contribution in [2.24, 2.45) is 11.8 Å². The number of carbonyl (C=O) groups excluding carboxylic acids is 1. The lowest BCUT2D eigenvalue weighted by Gasteiger charge is -2.26. The van der Waals surface area contributed by atoms with Gasteiger partial charge in [0, 0.05) is 23.4 Å². The van der Waals surface area contributed by atoms with E-state index in [1.165, 1.54) is 6.07 Å². The van der Waals surface area contributed by atoms with E-state index in [-0.39, 0.29) is 23.4 Å². The molecule has 0 aliphatic heterocycles. The Balaban J connectivity index is 2.00. The summed E-state index contributed by atoms with van der Waals surface area (Å²) < 4.78 is 0. The smallest absolute Gasteiger partial charge is 0.306 e. The van der Waals surface area contributed by atoms with E-state index in [1.807, 2.05) is 13.8 Å². The van der Waals surface area contributed by atoms with Crippen molar-refractivity contribution < 1.29 is 14.7 Å². The van der Waals surface area contributed by atoms with Gasteiger partial charge >= 0.3 is 5.97 Å². The zero-order chi connectivity index (χ0) is 17.0. The molecule has 0 aromatic carbocycles. The largest absolute Gasteiger partial charge is 0.481 e. The van der Waals surface area contributed by atoms with Gasteiger partial charge in [0.05, 0.1) is 5.92 Å². The highest BCUT2D eigenvalue weighted by molar-refractivity contribution is 5.94. The minimum Gasteiger partial charge on any atom is -0.481 e. The summed E-state index contributed by atoms with van der Waals surface area (Å²) in [5.41, 5.74) is 0.847. The number of nitrogens with one attached hydrogen (secondary N) is 2. The molecule has 0 bridgehead atoms. The summed E-state index contributed by atoms with van der Waals surface area (Å²) in [6, 6.07) is 3.01. The molecule has 6 nitrogen and oxygen atoms in total.